The largest absolute Gasteiger partial charge is 0.497 e. The number of hydrogen-bond donors (Lipinski definition) is 1. The third kappa shape index (κ3) is 3.11. The van der Waals surface area contributed by atoms with Crippen LogP contribution in [0.1, 0.15) is 21.9 Å². The molecule has 3 rings (SSSR count). The number of fused-ring (bicyclic) bond motifs is 1. The number of benzene rings is 1. The number of aryl methyl sites for hydroxylation is 1. The maximum absolute atomic E-state index is 12.4. The molecular weight excluding hydrogens is 298 g/mol. The molecule has 0 unspecified atom stereocenters. The van der Waals surface area contributed by atoms with Crippen molar-refractivity contribution in [1.82, 2.24) is 5.32 Å². The predicted molar refractivity (Wildman–Crippen MR) is 83.7 cm³/mol. The molecule has 6 nitrogen and oxygen atoms in total. The zero-order valence-corrected chi connectivity index (χ0v) is 12.7. The van der Waals surface area contributed by atoms with Gasteiger partial charge in [0.05, 0.1) is 19.2 Å². The lowest BCUT2D eigenvalue weighted by Crippen LogP contribution is -2.24. The minimum Gasteiger partial charge on any atom is -0.497 e. The highest BCUT2D eigenvalue weighted by molar-refractivity contribution is 6.05. The number of methoxy groups -OCH3 is 1. The van der Waals surface area contributed by atoms with Gasteiger partial charge in [-0.3, -0.25) is 4.79 Å². The molecular formula is C17H15NO5. The monoisotopic (exact) mass is 313 g/mol. The molecule has 0 atom stereocenters. The van der Waals surface area contributed by atoms with E-state index in [9.17, 15) is 9.59 Å². The molecule has 1 aromatic carbocycles. The normalized spacial score (nSPS) is 10.7. The van der Waals surface area contributed by atoms with E-state index in [2.05, 4.69) is 5.32 Å². The highest BCUT2D eigenvalue weighted by Crippen LogP contribution is 2.22. The van der Waals surface area contributed by atoms with Gasteiger partial charge in [0.1, 0.15) is 22.9 Å². The summed E-state index contributed by atoms with van der Waals surface area (Å²) in [6.45, 7) is 2.07. The van der Waals surface area contributed by atoms with Crippen LogP contribution < -0.4 is 15.7 Å². The number of amides is 1. The van der Waals surface area contributed by atoms with E-state index >= 15 is 0 Å². The zero-order chi connectivity index (χ0) is 16.4. The van der Waals surface area contributed by atoms with E-state index in [-0.39, 0.29) is 18.0 Å². The minimum absolute atomic E-state index is 0.241. The average Bonchev–Trinajstić information content (AvgIpc) is 2.96. The number of ether oxygens (including phenoxy) is 1. The van der Waals surface area contributed by atoms with Crippen molar-refractivity contribution in [3.05, 3.63) is 63.9 Å². The molecule has 0 aliphatic rings. The SMILES string of the molecule is COc1ccc2c(C(=O)NCc3ccc(C)o3)cc(=O)oc2c1. The number of hydrogen-bond acceptors (Lipinski definition) is 5. The summed E-state index contributed by atoms with van der Waals surface area (Å²) in [4.78, 5) is 24.1. The summed E-state index contributed by atoms with van der Waals surface area (Å²) in [6.07, 6.45) is 0. The highest BCUT2D eigenvalue weighted by Gasteiger charge is 2.14. The Morgan fingerprint density at radius 2 is 2.00 bits per heavy atom. The van der Waals surface area contributed by atoms with Gasteiger partial charge in [-0.15, -0.1) is 0 Å². The van der Waals surface area contributed by atoms with E-state index in [0.717, 1.165) is 5.76 Å². The highest BCUT2D eigenvalue weighted by atomic mass is 16.5. The van der Waals surface area contributed by atoms with E-state index in [0.29, 0.717) is 22.5 Å². The second-order valence-corrected chi connectivity index (χ2v) is 5.04. The molecule has 1 amide bonds. The summed E-state index contributed by atoms with van der Waals surface area (Å²) >= 11 is 0. The van der Waals surface area contributed by atoms with Crippen molar-refractivity contribution in [1.29, 1.82) is 0 Å². The second-order valence-electron chi connectivity index (χ2n) is 5.04. The standard InChI is InChI=1S/C17H15NO5/c1-10-3-4-12(22-10)9-18-17(20)14-8-16(19)23-15-7-11(21-2)5-6-13(14)15/h3-8H,9H2,1-2H3,(H,18,20). The summed E-state index contributed by atoms with van der Waals surface area (Å²) in [5, 5.41) is 3.27. The molecule has 3 aromatic rings. The lowest BCUT2D eigenvalue weighted by molar-refractivity contribution is 0.0949. The van der Waals surface area contributed by atoms with Crippen LogP contribution in [0.4, 0.5) is 0 Å². The fourth-order valence-corrected chi connectivity index (χ4v) is 2.30. The van der Waals surface area contributed by atoms with Gasteiger partial charge in [-0.05, 0) is 31.2 Å². The Labute approximate surface area is 131 Å². The van der Waals surface area contributed by atoms with Crippen LogP contribution in [0.25, 0.3) is 11.0 Å². The van der Waals surface area contributed by atoms with Crippen LogP contribution in [0, 0.1) is 6.92 Å². The van der Waals surface area contributed by atoms with Crippen LogP contribution >= 0.6 is 0 Å². The van der Waals surface area contributed by atoms with E-state index in [1.165, 1.54) is 13.2 Å². The molecule has 0 spiro atoms. The Bertz CT molecular complexity index is 922. The van der Waals surface area contributed by atoms with Crippen molar-refractivity contribution < 1.29 is 18.4 Å². The Balaban J connectivity index is 1.91. The van der Waals surface area contributed by atoms with Gasteiger partial charge in [-0.1, -0.05) is 0 Å². The number of carbonyl (C=O) groups excluding carboxylic acids is 1. The molecule has 2 aromatic heterocycles. The molecule has 0 aliphatic carbocycles. The van der Waals surface area contributed by atoms with Crippen molar-refractivity contribution in [2.75, 3.05) is 7.11 Å². The third-order valence-corrected chi connectivity index (χ3v) is 3.42. The molecule has 118 valence electrons. The summed E-state index contributed by atoms with van der Waals surface area (Å²) in [7, 11) is 1.52. The summed E-state index contributed by atoms with van der Waals surface area (Å²) in [6, 6.07) is 9.75. The molecule has 0 fully saturated rings. The first-order valence-electron chi connectivity index (χ1n) is 7.02. The lowest BCUT2D eigenvalue weighted by atomic mass is 10.1. The summed E-state index contributed by atoms with van der Waals surface area (Å²) in [5.74, 6) is 1.59. The minimum atomic E-state index is -0.593. The van der Waals surface area contributed by atoms with Gasteiger partial charge in [0, 0.05) is 17.5 Å². The predicted octanol–water partition coefficient (Wildman–Crippen LogP) is 2.63. The molecule has 0 bridgehead atoms. The smallest absolute Gasteiger partial charge is 0.337 e. The first-order chi connectivity index (χ1) is 11.1. The van der Waals surface area contributed by atoms with Crippen molar-refractivity contribution in [3.8, 4) is 5.75 Å². The fourth-order valence-electron chi connectivity index (χ4n) is 2.30. The number of furan rings is 1. The van der Waals surface area contributed by atoms with Crippen molar-refractivity contribution in [2.45, 2.75) is 13.5 Å². The first-order valence-corrected chi connectivity index (χ1v) is 7.02. The summed E-state index contributed by atoms with van der Waals surface area (Å²) in [5.41, 5.74) is -0.0391. The van der Waals surface area contributed by atoms with Crippen molar-refractivity contribution in [2.24, 2.45) is 0 Å². The summed E-state index contributed by atoms with van der Waals surface area (Å²) < 4.78 is 15.6. The molecule has 0 radical (unpaired) electrons. The first kappa shape index (κ1) is 14.9. The van der Waals surface area contributed by atoms with Crippen molar-refractivity contribution >= 4 is 16.9 Å². The van der Waals surface area contributed by atoms with Crippen LogP contribution in [-0.2, 0) is 6.54 Å². The molecule has 0 saturated carbocycles. The Kier molecular flexibility index (Phi) is 3.89. The Morgan fingerprint density at radius 1 is 1.17 bits per heavy atom. The maximum atomic E-state index is 12.4. The quantitative estimate of drug-likeness (QED) is 0.749. The van der Waals surface area contributed by atoms with Gasteiger partial charge in [0.25, 0.3) is 5.91 Å². The van der Waals surface area contributed by atoms with Gasteiger partial charge in [-0.2, -0.15) is 0 Å². The Hall–Kier alpha value is -3.02. The molecule has 0 saturated heterocycles. The van der Waals surface area contributed by atoms with Crippen LogP contribution in [-0.4, -0.2) is 13.0 Å². The average molecular weight is 313 g/mol. The van der Waals surface area contributed by atoms with Crippen LogP contribution in [0.3, 0.4) is 0 Å². The van der Waals surface area contributed by atoms with E-state index in [1.807, 2.05) is 13.0 Å². The number of rotatable bonds is 4. The van der Waals surface area contributed by atoms with E-state index in [4.69, 9.17) is 13.6 Å². The van der Waals surface area contributed by atoms with Crippen LogP contribution in [0.15, 0.2) is 50.0 Å². The van der Waals surface area contributed by atoms with Gasteiger partial charge >= 0.3 is 5.63 Å². The van der Waals surface area contributed by atoms with E-state index in [1.54, 1.807) is 24.3 Å². The topological polar surface area (TPSA) is 81.7 Å². The number of nitrogens with one attached hydrogen (secondary N) is 1. The molecule has 0 aliphatic heterocycles. The molecule has 6 heteroatoms. The second kappa shape index (κ2) is 6.00. The molecule has 1 N–H and O–H groups in total. The van der Waals surface area contributed by atoms with Gasteiger partial charge in [-0.25, -0.2) is 4.79 Å². The lowest BCUT2D eigenvalue weighted by Gasteiger charge is -2.07. The molecule has 23 heavy (non-hydrogen) atoms. The van der Waals surface area contributed by atoms with Gasteiger partial charge in [0.15, 0.2) is 0 Å². The molecule has 2 heterocycles. The number of carbonyl (C=O) groups is 1. The van der Waals surface area contributed by atoms with Gasteiger partial charge in [0.2, 0.25) is 0 Å². The van der Waals surface area contributed by atoms with E-state index < -0.39 is 5.63 Å². The maximum Gasteiger partial charge on any atom is 0.337 e. The Morgan fingerprint density at radius 3 is 2.70 bits per heavy atom. The van der Waals surface area contributed by atoms with Crippen LogP contribution in [0.5, 0.6) is 5.75 Å². The third-order valence-electron chi connectivity index (χ3n) is 3.42. The van der Waals surface area contributed by atoms with Crippen LogP contribution in [0.2, 0.25) is 0 Å². The fraction of sp³-hybridized carbons (Fsp3) is 0.176. The zero-order valence-electron chi connectivity index (χ0n) is 12.7. The van der Waals surface area contributed by atoms with Gasteiger partial charge < -0.3 is 18.9 Å². The van der Waals surface area contributed by atoms with Crippen molar-refractivity contribution in [3.63, 3.8) is 0 Å².